The summed E-state index contributed by atoms with van der Waals surface area (Å²) in [5.41, 5.74) is 6.29. The van der Waals surface area contributed by atoms with Gasteiger partial charge in [-0.15, -0.1) is 11.3 Å². The van der Waals surface area contributed by atoms with Crippen LogP contribution < -0.4 is 16.4 Å². The van der Waals surface area contributed by atoms with Crippen LogP contribution in [0.3, 0.4) is 0 Å². The van der Waals surface area contributed by atoms with Gasteiger partial charge in [0.05, 0.1) is 5.69 Å². The first-order chi connectivity index (χ1) is 12.8. The Balaban J connectivity index is 2.06. The number of nitrogens with one attached hydrogen (secondary N) is 2. The predicted octanol–water partition coefficient (Wildman–Crippen LogP) is 2.40. The van der Waals surface area contributed by atoms with Crippen molar-refractivity contribution in [3.05, 3.63) is 39.9 Å². The van der Waals surface area contributed by atoms with Gasteiger partial charge in [-0.1, -0.05) is 23.7 Å². The van der Waals surface area contributed by atoms with E-state index in [1.807, 2.05) is 0 Å². The standard InChI is InChI=1S/C17H19ClN4O4S/c1-9-13(27-15(21-9)10-4-6-11(18)7-5-10)14(23)22-12(16(24)25)3-2-8-20-17(19)26/h4-7,12H,2-3,8H2,1H3,(H,22,23)(H,24,25)(H3,19,20,26)/t12-/m0/s1. The third-order valence-electron chi connectivity index (χ3n) is 3.67. The third kappa shape index (κ3) is 5.93. The molecule has 0 radical (unpaired) electrons. The molecule has 0 bridgehead atoms. The zero-order valence-electron chi connectivity index (χ0n) is 14.5. The summed E-state index contributed by atoms with van der Waals surface area (Å²) < 4.78 is 0. The van der Waals surface area contributed by atoms with Crippen LogP contribution in [0.5, 0.6) is 0 Å². The van der Waals surface area contributed by atoms with E-state index in [1.54, 1.807) is 31.2 Å². The monoisotopic (exact) mass is 410 g/mol. The highest BCUT2D eigenvalue weighted by molar-refractivity contribution is 7.17. The molecule has 0 aliphatic heterocycles. The number of carboxylic acids is 1. The number of benzene rings is 1. The van der Waals surface area contributed by atoms with Gasteiger partial charge in [0.1, 0.15) is 15.9 Å². The van der Waals surface area contributed by atoms with E-state index in [9.17, 15) is 19.5 Å². The maximum Gasteiger partial charge on any atom is 0.326 e. The van der Waals surface area contributed by atoms with Crippen LogP contribution in [0, 0.1) is 6.92 Å². The van der Waals surface area contributed by atoms with E-state index in [4.69, 9.17) is 17.3 Å². The van der Waals surface area contributed by atoms with Crippen LogP contribution in [-0.2, 0) is 4.79 Å². The van der Waals surface area contributed by atoms with Gasteiger partial charge in [0.2, 0.25) is 0 Å². The molecule has 3 amide bonds. The SMILES string of the molecule is Cc1nc(-c2ccc(Cl)cc2)sc1C(=O)N[C@@H](CCCNC(N)=O)C(=O)O. The summed E-state index contributed by atoms with van der Waals surface area (Å²) in [7, 11) is 0. The summed E-state index contributed by atoms with van der Waals surface area (Å²) in [6.07, 6.45) is 0.515. The van der Waals surface area contributed by atoms with Crippen LogP contribution in [0.1, 0.15) is 28.2 Å². The lowest BCUT2D eigenvalue weighted by molar-refractivity contribution is -0.139. The normalized spacial score (nSPS) is 11.6. The van der Waals surface area contributed by atoms with Gasteiger partial charge in [-0.25, -0.2) is 14.6 Å². The minimum absolute atomic E-state index is 0.156. The second kappa shape index (κ2) is 9.33. The van der Waals surface area contributed by atoms with Crippen LogP contribution in [0.4, 0.5) is 4.79 Å². The Labute approximate surface area is 164 Å². The molecule has 0 saturated carbocycles. The van der Waals surface area contributed by atoms with Crippen LogP contribution in [-0.4, -0.2) is 40.6 Å². The molecule has 1 heterocycles. The lowest BCUT2D eigenvalue weighted by atomic mass is 10.1. The van der Waals surface area contributed by atoms with E-state index in [2.05, 4.69) is 15.6 Å². The van der Waals surface area contributed by atoms with Crippen molar-refractivity contribution >= 4 is 40.8 Å². The summed E-state index contributed by atoms with van der Waals surface area (Å²) in [6.45, 7) is 1.92. The molecule has 8 nitrogen and oxygen atoms in total. The Hall–Kier alpha value is -2.65. The van der Waals surface area contributed by atoms with E-state index < -0.39 is 23.9 Å². The summed E-state index contributed by atoms with van der Waals surface area (Å²) in [6, 6.07) is 5.30. The summed E-state index contributed by atoms with van der Waals surface area (Å²) in [5, 5.41) is 15.4. The lowest BCUT2D eigenvalue weighted by Gasteiger charge is -2.14. The van der Waals surface area contributed by atoms with Gasteiger partial charge in [0.25, 0.3) is 5.91 Å². The number of hydrogen-bond acceptors (Lipinski definition) is 5. The molecule has 144 valence electrons. The van der Waals surface area contributed by atoms with Gasteiger partial charge in [-0.3, -0.25) is 4.79 Å². The number of nitrogens with zero attached hydrogens (tertiary/aromatic N) is 1. The van der Waals surface area contributed by atoms with E-state index in [1.165, 1.54) is 11.3 Å². The molecule has 0 unspecified atom stereocenters. The zero-order valence-corrected chi connectivity index (χ0v) is 16.1. The number of thiazole rings is 1. The van der Waals surface area contributed by atoms with E-state index >= 15 is 0 Å². The number of aryl methyl sites for hydroxylation is 1. The molecule has 10 heteroatoms. The van der Waals surface area contributed by atoms with Crippen molar-refractivity contribution in [3.8, 4) is 10.6 Å². The summed E-state index contributed by atoms with van der Waals surface area (Å²) >= 11 is 7.06. The molecule has 0 saturated heterocycles. The Morgan fingerprint density at radius 1 is 1.30 bits per heavy atom. The molecule has 27 heavy (non-hydrogen) atoms. The first-order valence-electron chi connectivity index (χ1n) is 8.08. The Morgan fingerprint density at radius 2 is 1.96 bits per heavy atom. The molecule has 0 spiro atoms. The van der Waals surface area contributed by atoms with Crippen molar-refractivity contribution in [3.63, 3.8) is 0 Å². The van der Waals surface area contributed by atoms with Gasteiger partial charge in [0, 0.05) is 17.1 Å². The molecular weight excluding hydrogens is 392 g/mol. The van der Waals surface area contributed by atoms with E-state index in [0.29, 0.717) is 27.0 Å². The van der Waals surface area contributed by atoms with Crippen LogP contribution in [0.25, 0.3) is 10.6 Å². The van der Waals surface area contributed by atoms with Gasteiger partial charge in [-0.2, -0.15) is 0 Å². The van der Waals surface area contributed by atoms with Gasteiger partial charge < -0.3 is 21.5 Å². The van der Waals surface area contributed by atoms with Gasteiger partial charge in [0.15, 0.2) is 0 Å². The highest BCUT2D eigenvalue weighted by Gasteiger charge is 2.23. The number of hydrogen-bond donors (Lipinski definition) is 4. The average molecular weight is 411 g/mol. The fourth-order valence-electron chi connectivity index (χ4n) is 2.32. The van der Waals surface area contributed by atoms with Crippen molar-refractivity contribution in [2.45, 2.75) is 25.8 Å². The maximum atomic E-state index is 12.5. The molecule has 1 aromatic heterocycles. The minimum atomic E-state index is -1.15. The molecule has 1 aromatic carbocycles. The van der Waals surface area contributed by atoms with Crippen molar-refractivity contribution in [2.24, 2.45) is 5.73 Å². The summed E-state index contributed by atoms with van der Waals surface area (Å²) in [5.74, 6) is -1.65. The van der Waals surface area contributed by atoms with E-state index in [-0.39, 0.29) is 13.0 Å². The largest absolute Gasteiger partial charge is 0.480 e. The van der Waals surface area contributed by atoms with Crippen LogP contribution >= 0.6 is 22.9 Å². The molecule has 1 atom stereocenters. The smallest absolute Gasteiger partial charge is 0.326 e. The number of carboxylic acid groups (broad SMARTS) is 1. The highest BCUT2D eigenvalue weighted by atomic mass is 35.5. The number of rotatable bonds is 8. The Kier molecular flexibility index (Phi) is 7.14. The number of amides is 3. The number of carbonyl (C=O) groups excluding carboxylic acids is 2. The second-order valence-electron chi connectivity index (χ2n) is 5.74. The van der Waals surface area contributed by atoms with Crippen LogP contribution in [0.2, 0.25) is 5.02 Å². The first-order valence-corrected chi connectivity index (χ1v) is 9.27. The Bertz CT molecular complexity index is 838. The topological polar surface area (TPSA) is 134 Å². The number of aliphatic carboxylic acids is 1. The van der Waals surface area contributed by atoms with Crippen LogP contribution in [0.15, 0.2) is 24.3 Å². The van der Waals surface area contributed by atoms with Crippen molar-refractivity contribution in [1.82, 2.24) is 15.6 Å². The quantitative estimate of drug-likeness (QED) is 0.495. The summed E-state index contributed by atoms with van der Waals surface area (Å²) in [4.78, 5) is 39.3. The molecule has 5 N–H and O–H groups in total. The maximum absolute atomic E-state index is 12.5. The minimum Gasteiger partial charge on any atom is -0.480 e. The third-order valence-corrected chi connectivity index (χ3v) is 5.12. The first kappa shape index (κ1) is 20.7. The number of carbonyl (C=O) groups is 3. The molecule has 0 aliphatic rings. The average Bonchev–Trinajstić information content (AvgIpc) is 2.99. The number of halogens is 1. The molecule has 0 fully saturated rings. The molecule has 2 rings (SSSR count). The fourth-order valence-corrected chi connectivity index (χ4v) is 3.42. The molecular formula is C17H19ClN4O4S. The number of urea groups is 1. The van der Waals surface area contributed by atoms with Crippen molar-refractivity contribution < 1.29 is 19.5 Å². The predicted molar refractivity (Wildman–Crippen MR) is 103 cm³/mol. The lowest BCUT2D eigenvalue weighted by Crippen LogP contribution is -2.41. The zero-order chi connectivity index (χ0) is 20.0. The molecule has 0 aliphatic carbocycles. The second-order valence-corrected chi connectivity index (χ2v) is 7.17. The number of aromatic nitrogens is 1. The fraction of sp³-hybridized carbons (Fsp3) is 0.294. The van der Waals surface area contributed by atoms with Gasteiger partial charge >= 0.3 is 12.0 Å². The van der Waals surface area contributed by atoms with E-state index in [0.717, 1.165) is 5.56 Å². The van der Waals surface area contributed by atoms with Crippen molar-refractivity contribution in [1.29, 1.82) is 0 Å². The Morgan fingerprint density at radius 3 is 2.56 bits per heavy atom. The highest BCUT2D eigenvalue weighted by Crippen LogP contribution is 2.28. The number of nitrogens with two attached hydrogens (primary N) is 1. The van der Waals surface area contributed by atoms with Crippen molar-refractivity contribution in [2.75, 3.05) is 6.54 Å². The van der Waals surface area contributed by atoms with Gasteiger partial charge in [-0.05, 0) is 31.9 Å². The number of primary amides is 1. The molecule has 2 aromatic rings.